The minimum atomic E-state index is 0.557. The Bertz CT molecular complexity index is 2940. The monoisotopic (exact) mass is 635 g/mol. The highest BCUT2D eigenvalue weighted by atomic mass is 15.0. The van der Waals surface area contributed by atoms with Crippen molar-refractivity contribution < 1.29 is 0 Å². The first-order chi connectivity index (χ1) is 24.7. The number of hydrogen-bond acceptors (Lipinski definition) is 3. The van der Waals surface area contributed by atoms with Crippen molar-refractivity contribution in [3.8, 4) is 51.8 Å². The first-order valence-electron chi connectivity index (χ1n) is 16.3. The zero-order valence-electron chi connectivity index (χ0n) is 26.7. The second-order valence-corrected chi connectivity index (χ2v) is 12.3. The number of hydrogen-bond donors (Lipinski definition) is 0. The highest BCUT2D eigenvalue weighted by molar-refractivity contribution is 6.12. The molecule has 0 N–H and O–H groups in total. The van der Waals surface area contributed by atoms with Crippen LogP contribution in [0.1, 0.15) is 16.7 Å². The van der Waals surface area contributed by atoms with E-state index >= 15 is 0 Å². The predicted molar refractivity (Wildman–Crippen MR) is 200 cm³/mol. The third-order valence-corrected chi connectivity index (χ3v) is 9.65. The molecule has 7 aromatic carbocycles. The van der Waals surface area contributed by atoms with E-state index in [4.69, 9.17) is 0 Å². The number of fused-ring (bicyclic) bond motifs is 6. The van der Waals surface area contributed by atoms with E-state index in [1.54, 1.807) is 0 Å². The minimum absolute atomic E-state index is 0.557. The maximum Gasteiger partial charge on any atom is 0.101 e. The lowest BCUT2D eigenvalue weighted by atomic mass is 9.97. The maximum absolute atomic E-state index is 10.3. The van der Waals surface area contributed by atoms with Gasteiger partial charge in [0.2, 0.25) is 0 Å². The molecule has 0 aliphatic heterocycles. The zero-order valence-corrected chi connectivity index (χ0v) is 26.7. The standard InChI is InChI=1S/C45H25N5/c46-26-29-15-24-42-39(25-29)37-9-1-3-12-40(37)49(42)35-22-20-31(21-23-35)30-16-18-32(19-17-30)36-11-5-8-34(28-48)45(36)50-41-13-4-2-10-38(41)44-33(27-47)7-6-14-43(44)50/h1-25H. The summed E-state index contributed by atoms with van der Waals surface area (Å²) in [6.07, 6.45) is 0. The molecule has 2 aromatic heterocycles. The van der Waals surface area contributed by atoms with Crippen LogP contribution >= 0.6 is 0 Å². The Hall–Kier alpha value is -7.39. The van der Waals surface area contributed by atoms with E-state index in [0.717, 1.165) is 77.2 Å². The van der Waals surface area contributed by atoms with E-state index in [1.165, 1.54) is 0 Å². The second-order valence-electron chi connectivity index (χ2n) is 12.3. The second kappa shape index (κ2) is 11.4. The lowest BCUT2D eigenvalue weighted by molar-refractivity contribution is 1.17. The van der Waals surface area contributed by atoms with Crippen LogP contribution in [0.25, 0.3) is 77.2 Å². The molecule has 9 aromatic rings. The number of nitrogens with zero attached hydrogens (tertiary/aromatic N) is 5. The average molecular weight is 636 g/mol. The number of para-hydroxylation sites is 3. The smallest absolute Gasteiger partial charge is 0.101 e. The van der Waals surface area contributed by atoms with Gasteiger partial charge >= 0.3 is 0 Å². The fourth-order valence-corrected chi connectivity index (χ4v) is 7.43. The van der Waals surface area contributed by atoms with Gasteiger partial charge in [-0.05, 0) is 77.4 Å². The van der Waals surface area contributed by atoms with E-state index < -0.39 is 0 Å². The molecule has 50 heavy (non-hydrogen) atoms. The molecule has 9 rings (SSSR count). The summed E-state index contributed by atoms with van der Waals surface area (Å²) >= 11 is 0. The van der Waals surface area contributed by atoms with Gasteiger partial charge in [0.05, 0.1) is 56.6 Å². The third-order valence-electron chi connectivity index (χ3n) is 9.65. The molecule has 0 atom stereocenters. The van der Waals surface area contributed by atoms with Crippen LogP contribution in [0, 0.1) is 34.0 Å². The highest BCUT2D eigenvalue weighted by Crippen LogP contribution is 2.39. The fraction of sp³-hybridized carbons (Fsp3) is 0. The molecule has 0 saturated heterocycles. The van der Waals surface area contributed by atoms with E-state index in [1.807, 2.05) is 84.9 Å². The highest BCUT2D eigenvalue weighted by Gasteiger charge is 2.20. The average Bonchev–Trinajstić information content (AvgIpc) is 3.70. The summed E-state index contributed by atoms with van der Waals surface area (Å²) in [5, 5.41) is 33.8. The fourth-order valence-electron chi connectivity index (χ4n) is 7.43. The lowest BCUT2D eigenvalue weighted by Gasteiger charge is -2.16. The first kappa shape index (κ1) is 28.8. The van der Waals surface area contributed by atoms with Crippen molar-refractivity contribution in [2.24, 2.45) is 0 Å². The van der Waals surface area contributed by atoms with Crippen LogP contribution in [-0.2, 0) is 0 Å². The Kier molecular flexibility index (Phi) is 6.56. The maximum atomic E-state index is 10.3. The van der Waals surface area contributed by atoms with Crippen molar-refractivity contribution in [3.63, 3.8) is 0 Å². The molecule has 0 aliphatic carbocycles. The van der Waals surface area contributed by atoms with E-state index in [9.17, 15) is 15.8 Å². The molecule has 0 bridgehead atoms. The number of rotatable bonds is 4. The van der Waals surface area contributed by atoms with E-state index in [2.05, 4.69) is 94.1 Å². The van der Waals surface area contributed by atoms with Crippen molar-refractivity contribution in [3.05, 3.63) is 168 Å². The molecule has 0 spiro atoms. The van der Waals surface area contributed by atoms with E-state index in [0.29, 0.717) is 16.7 Å². The van der Waals surface area contributed by atoms with Gasteiger partial charge in [-0.15, -0.1) is 0 Å². The quantitative estimate of drug-likeness (QED) is 0.193. The van der Waals surface area contributed by atoms with Crippen LogP contribution in [0.2, 0.25) is 0 Å². The van der Waals surface area contributed by atoms with Crippen molar-refractivity contribution in [1.82, 2.24) is 9.13 Å². The molecular weight excluding hydrogens is 611 g/mol. The van der Waals surface area contributed by atoms with Crippen molar-refractivity contribution in [1.29, 1.82) is 15.8 Å². The van der Waals surface area contributed by atoms with E-state index in [-0.39, 0.29) is 0 Å². The van der Waals surface area contributed by atoms with Gasteiger partial charge in [0.1, 0.15) is 6.07 Å². The zero-order chi connectivity index (χ0) is 33.8. The lowest BCUT2D eigenvalue weighted by Crippen LogP contribution is -2.01. The molecule has 5 heteroatoms. The Morgan fingerprint density at radius 3 is 1.70 bits per heavy atom. The van der Waals surface area contributed by atoms with Gasteiger partial charge < -0.3 is 9.13 Å². The molecule has 0 fully saturated rings. The van der Waals surface area contributed by atoms with Gasteiger partial charge in [-0.3, -0.25) is 0 Å². The molecule has 5 nitrogen and oxygen atoms in total. The van der Waals surface area contributed by atoms with Crippen molar-refractivity contribution >= 4 is 43.6 Å². The Balaban J connectivity index is 1.13. The van der Waals surface area contributed by atoms with Crippen LogP contribution in [0.15, 0.2) is 152 Å². The Morgan fingerprint density at radius 2 is 0.980 bits per heavy atom. The molecular formula is C45H25N5. The minimum Gasteiger partial charge on any atom is -0.309 e. The van der Waals surface area contributed by atoms with Crippen LogP contribution in [0.3, 0.4) is 0 Å². The van der Waals surface area contributed by atoms with Gasteiger partial charge in [0, 0.05) is 32.8 Å². The molecule has 230 valence electrons. The van der Waals surface area contributed by atoms with Gasteiger partial charge in [-0.1, -0.05) is 91.0 Å². The largest absolute Gasteiger partial charge is 0.309 e. The Morgan fingerprint density at radius 1 is 0.400 bits per heavy atom. The molecule has 0 aliphatic rings. The summed E-state index contributed by atoms with van der Waals surface area (Å²) in [4.78, 5) is 0. The number of aromatic nitrogens is 2. The summed E-state index contributed by atoms with van der Waals surface area (Å²) in [6, 6.07) is 57.9. The molecule has 0 unspecified atom stereocenters. The topological polar surface area (TPSA) is 81.2 Å². The van der Waals surface area contributed by atoms with Gasteiger partial charge in [-0.25, -0.2) is 0 Å². The summed E-state index contributed by atoms with van der Waals surface area (Å²) < 4.78 is 4.37. The molecule has 0 amide bonds. The normalized spacial score (nSPS) is 11.1. The van der Waals surface area contributed by atoms with Gasteiger partial charge in [0.15, 0.2) is 0 Å². The summed E-state index contributed by atoms with van der Waals surface area (Å²) in [6.45, 7) is 0. The van der Waals surface area contributed by atoms with Crippen molar-refractivity contribution in [2.75, 3.05) is 0 Å². The molecule has 0 saturated carbocycles. The first-order valence-corrected chi connectivity index (χ1v) is 16.3. The van der Waals surface area contributed by atoms with Crippen LogP contribution in [0.5, 0.6) is 0 Å². The number of benzene rings is 7. The van der Waals surface area contributed by atoms with Crippen LogP contribution in [0.4, 0.5) is 0 Å². The van der Waals surface area contributed by atoms with Crippen LogP contribution in [-0.4, -0.2) is 9.13 Å². The van der Waals surface area contributed by atoms with Gasteiger partial charge in [-0.2, -0.15) is 15.8 Å². The summed E-state index contributed by atoms with van der Waals surface area (Å²) in [5.41, 5.74) is 11.7. The molecule has 0 radical (unpaired) electrons. The predicted octanol–water partition coefficient (Wildman–Crippen LogP) is 10.8. The summed E-state index contributed by atoms with van der Waals surface area (Å²) in [5.74, 6) is 0. The Labute approximate surface area is 287 Å². The van der Waals surface area contributed by atoms with Crippen molar-refractivity contribution in [2.45, 2.75) is 0 Å². The van der Waals surface area contributed by atoms with Gasteiger partial charge in [0.25, 0.3) is 0 Å². The SMILES string of the molecule is N#Cc1ccc2c(c1)c1ccccc1n2-c1ccc(-c2ccc(-c3cccc(C#N)c3-n3c4ccccc4c4c(C#N)cccc43)cc2)cc1. The molecule has 2 heterocycles. The third kappa shape index (κ3) is 4.31. The van der Waals surface area contributed by atoms with Crippen LogP contribution < -0.4 is 0 Å². The number of nitriles is 3. The summed E-state index contributed by atoms with van der Waals surface area (Å²) in [7, 11) is 0.